The summed E-state index contributed by atoms with van der Waals surface area (Å²) in [7, 11) is 0. The Morgan fingerprint density at radius 1 is 0.575 bits per heavy atom. The van der Waals surface area contributed by atoms with E-state index in [9.17, 15) is 26.3 Å². The standard InChI is InChI=1S/C28H24BF10N/c1-27(2)10-7-11-28(3,4)40(27)12-13-8-5-6-9-14(13)29(15-17(30)21(34)25(38)22(35)18(15)31)16-19(32)23(36)26(39)24(37)20(16)33/h5-6,8-9H,7,10-12H2,1-4H3/q-1. The Morgan fingerprint density at radius 3 is 1.32 bits per heavy atom. The van der Waals surface area contributed by atoms with Gasteiger partial charge in [-0.2, -0.15) is 10.9 Å². The average molecular weight is 575 g/mol. The lowest BCUT2D eigenvalue weighted by Crippen LogP contribution is -2.61. The average Bonchev–Trinajstić information content (AvgIpc) is 2.90. The zero-order valence-electron chi connectivity index (χ0n) is 21.9. The first kappa shape index (κ1) is 30.0. The van der Waals surface area contributed by atoms with Crippen molar-refractivity contribution in [1.29, 1.82) is 0 Å². The van der Waals surface area contributed by atoms with Crippen LogP contribution in [0.1, 0.15) is 52.5 Å². The lowest BCUT2D eigenvalue weighted by Gasteiger charge is -2.53. The van der Waals surface area contributed by atoms with Crippen molar-refractivity contribution in [3.63, 3.8) is 0 Å². The first-order valence-corrected chi connectivity index (χ1v) is 12.4. The van der Waals surface area contributed by atoms with Gasteiger partial charge < -0.3 is 0 Å². The molecule has 0 unspecified atom stereocenters. The maximum atomic E-state index is 15.2. The number of piperidine rings is 1. The molecule has 1 saturated heterocycles. The van der Waals surface area contributed by atoms with E-state index < -0.39 is 92.4 Å². The molecule has 0 atom stereocenters. The molecule has 0 spiro atoms. The van der Waals surface area contributed by atoms with Crippen LogP contribution in [0.25, 0.3) is 0 Å². The molecule has 3 aromatic carbocycles. The summed E-state index contributed by atoms with van der Waals surface area (Å²) in [5.41, 5.74) is -4.68. The van der Waals surface area contributed by atoms with E-state index in [4.69, 9.17) is 0 Å². The molecule has 1 radical (unpaired) electrons. The van der Waals surface area contributed by atoms with Gasteiger partial charge in [0.25, 0.3) is 0 Å². The highest BCUT2D eigenvalue weighted by Gasteiger charge is 2.41. The van der Waals surface area contributed by atoms with Crippen LogP contribution in [0.2, 0.25) is 0 Å². The van der Waals surface area contributed by atoms with Gasteiger partial charge in [0, 0.05) is 17.6 Å². The zero-order valence-corrected chi connectivity index (χ0v) is 21.9. The molecule has 0 bridgehead atoms. The fraction of sp³-hybridized carbons (Fsp3) is 0.357. The monoisotopic (exact) mass is 575 g/mol. The lowest BCUT2D eigenvalue weighted by atomic mass is 9.35. The van der Waals surface area contributed by atoms with Crippen LogP contribution in [0.4, 0.5) is 43.9 Å². The Bertz CT molecular complexity index is 1340. The minimum absolute atomic E-state index is 0.0303. The van der Waals surface area contributed by atoms with Crippen LogP contribution in [0.15, 0.2) is 24.3 Å². The summed E-state index contributed by atoms with van der Waals surface area (Å²) in [4.78, 5) is 2.01. The third-order valence-electron chi connectivity index (χ3n) is 7.80. The van der Waals surface area contributed by atoms with Gasteiger partial charge in [-0.1, -0.05) is 29.8 Å². The van der Waals surface area contributed by atoms with Crippen LogP contribution >= 0.6 is 0 Å². The first-order chi connectivity index (χ1) is 18.5. The van der Waals surface area contributed by atoms with Crippen molar-refractivity contribution >= 4 is 23.1 Å². The fourth-order valence-electron chi connectivity index (χ4n) is 5.81. The van der Waals surface area contributed by atoms with Gasteiger partial charge >= 0.3 is 0 Å². The Kier molecular flexibility index (Phi) is 7.81. The van der Waals surface area contributed by atoms with E-state index in [2.05, 4.69) is 0 Å². The molecular formula is C28H24BF10N-. The molecule has 4 rings (SSSR count). The van der Waals surface area contributed by atoms with Gasteiger partial charge in [0.2, 0.25) is 0 Å². The summed E-state index contributed by atoms with van der Waals surface area (Å²) >= 11 is 0. The van der Waals surface area contributed by atoms with Crippen molar-refractivity contribution in [2.24, 2.45) is 0 Å². The summed E-state index contributed by atoms with van der Waals surface area (Å²) in [5.74, 6) is -24.6. The van der Waals surface area contributed by atoms with E-state index in [1.165, 1.54) is 18.2 Å². The molecule has 0 saturated carbocycles. The number of hydrogen-bond acceptors (Lipinski definition) is 1. The normalized spacial score (nSPS) is 17.1. The molecule has 0 N–H and O–H groups in total. The highest BCUT2D eigenvalue weighted by molar-refractivity contribution is 6.96. The van der Waals surface area contributed by atoms with E-state index in [1.807, 2.05) is 32.6 Å². The predicted molar refractivity (Wildman–Crippen MR) is 131 cm³/mol. The van der Waals surface area contributed by atoms with Crippen LogP contribution in [0, 0.1) is 58.2 Å². The molecule has 0 amide bonds. The third-order valence-corrected chi connectivity index (χ3v) is 7.80. The van der Waals surface area contributed by atoms with Crippen LogP contribution in [0.5, 0.6) is 0 Å². The lowest BCUT2D eigenvalue weighted by molar-refractivity contribution is -0.0338. The highest BCUT2D eigenvalue weighted by atomic mass is 19.2. The maximum absolute atomic E-state index is 15.2. The predicted octanol–water partition coefficient (Wildman–Crippen LogP) is 6.14. The number of rotatable bonds is 5. The van der Waals surface area contributed by atoms with Gasteiger partial charge in [0.15, 0.2) is 34.9 Å². The fourth-order valence-corrected chi connectivity index (χ4v) is 5.81. The molecule has 1 aliphatic heterocycles. The van der Waals surface area contributed by atoms with Crippen LogP contribution in [0.3, 0.4) is 0 Å². The van der Waals surface area contributed by atoms with E-state index in [0.29, 0.717) is 0 Å². The van der Waals surface area contributed by atoms with Crippen LogP contribution in [-0.2, 0) is 6.54 Å². The van der Waals surface area contributed by atoms with E-state index >= 15 is 17.6 Å². The van der Waals surface area contributed by atoms with Gasteiger partial charge in [0.05, 0.1) is 0 Å². The number of nitrogens with zero attached hydrogens (tertiary/aromatic N) is 1. The zero-order chi connectivity index (χ0) is 29.9. The second kappa shape index (κ2) is 10.4. The van der Waals surface area contributed by atoms with Crippen molar-refractivity contribution in [3.8, 4) is 0 Å². The van der Waals surface area contributed by atoms with Gasteiger partial charge in [0.1, 0.15) is 23.3 Å². The van der Waals surface area contributed by atoms with Crippen molar-refractivity contribution in [2.45, 2.75) is 64.6 Å². The highest BCUT2D eigenvalue weighted by Crippen LogP contribution is 2.39. The smallest absolute Gasteiger partial charge is 0.200 e. The SMILES string of the molecule is CC1(C)CCCC(C)(C)N1Cc1ccccc1[B-](c1c(F)c(F)c(F)c(F)c1F)c1c(F)c(F)c(F)c(F)c1F. The second-order valence-corrected chi connectivity index (χ2v) is 11.2. The Labute approximate surface area is 224 Å². The minimum Gasteiger partial charge on any atom is -0.289 e. The van der Waals surface area contributed by atoms with Gasteiger partial charge in [-0.3, -0.25) is 4.90 Å². The minimum atomic E-state index is -2.60. The van der Waals surface area contributed by atoms with Crippen LogP contribution < -0.4 is 16.4 Å². The van der Waals surface area contributed by atoms with Crippen molar-refractivity contribution in [1.82, 2.24) is 4.90 Å². The van der Waals surface area contributed by atoms with Crippen molar-refractivity contribution in [2.75, 3.05) is 0 Å². The first-order valence-electron chi connectivity index (χ1n) is 12.4. The number of likely N-dealkylation sites (tertiary alicyclic amines) is 1. The summed E-state index contributed by atoms with van der Waals surface area (Å²) in [6, 6.07) is 5.23. The largest absolute Gasteiger partial charge is 0.289 e. The number of benzene rings is 3. The topological polar surface area (TPSA) is 3.24 Å². The third kappa shape index (κ3) is 4.78. The van der Waals surface area contributed by atoms with E-state index in [1.54, 1.807) is 0 Å². The molecule has 215 valence electrons. The number of halogens is 10. The van der Waals surface area contributed by atoms with Gasteiger partial charge in [-0.05, 0) is 53.7 Å². The molecule has 0 aromatic heterocycles. The van der Waals surface area contributed by atoms with Gasteiger partial charge in [-0.25, -0.2) is 49.4 Å². The molecule has 3 aromatic rings. The maximum Gasteiger partial charge on any atom is 0.200 e. The van der Waals surface area contributed by atoms with E-state index in [0.717, 1.165) is 25.3 Å². The summed E-state index contributed by atoms with van der Waals surface area (Å²) in [6.45, 7) is 5.10. The number of hydrogen-bond donors (Lipinski definition) is 0. The second-order valence-electron chi connectivity index (χ2n) is 11.2. The quantitative estimate of drug-likeness (QED) is 0.153. The Hall–Kier alpha value is -3.02. The molecule has 1 heterocycles. The van der Waals surface area contributed by atoms with Crippen LogP contribution in [-0.4, -0.2) is 22.7 Å². The molecule has 1 fully saturated rings. The molecule has 40 heavy (non-hydrogen) atoms. The Morgan fingerprint density at radius 2 is 0.925 bits per heavy atom. The van der Waals surface area contributed by atoms with Crippen molar-refractivity contribution in [3.05, 3.63) is 88.0 Å². The molecular weight excluding hydrogens is 551 g/mol. The molecule has 1 aliphatic rings. The summed E-state index contributed by atoms with van der Waals surface area (Å²) in [6.07, 6.45) is 2.34. The van der Waals surface area contributed by atoms with E-state index in [-0.39, 0.29) is 12.1 Å². The molecule has 12 heteroatoms. The van der Waals surface area contributed by atoms with Crippen molar-refractivity contribution < 1.29 is 43.9 Å². The molecule has 1 nitrogen and oxygen atoms in total. The summed E-state index contributed by atoms with van der Waals surface area (Å²) < 4.78 is 146. The molecule has 0 aliphatic carbocycles. The summed E-state index contributed by atoms with van der Waals surface area (Å²) in [5, 5.41) is 0. The van der Waals surface area contributed by atoms with Gasteiger partial charge in [-0.15, -0.1) is 0 Å². The Balaban J connectivity index is 2.09.